The lowest BCUT2D eigenvalue weighted by Gasteiger charge is -2.28. The van der Waals surface area contributed by atoms with E-state index in [2.05, 4.69) is 11.4 Å². The van der Waals surface area contributed by atoms with Gasteiger partial charge in [-0.05, 0) is 44.4 Å². The van der Waals surface area contributed by atoms with Gasteiger partial charge in [0.15, 0.2) is 0 Å². The monoisotopic (exact) mass is 282 g/mol. The second-order valence-electron chi connectivity index (χ2n) is 5.63. The highest BCUT2D eigenvalue weighted by Crippen LogP contribution is 2.46. The van der Waals surface area contributed by atoms with Crippen LogP contribution in [0.2, 0.25) is 5.02 Å². The smallest absolute Gasteiger partial charge is 0.405 e. The highest BCUT2D eigenvalue weighted by Gasteiger charge is 2.45. The molecule has 0 atom stereocenters. The number of nitrogens with one attached hydrogen (secondary N) is 1. The lowest BCUT2D eigenvalue weighted by atomic mass is 10.0. The minimum absolute atomic E-state index is 0.0385. The molecule has 1 saturated carbocycles. The summed E-state index contributed by atoms with van der Waals surface area (Å²) in [7, 11) is 0. The van der Waals surface area contributed by atoms with Crippen molar-refractivity contribution in [3.63, 3.8) is 0 Å². The maximum atomic E-state index is 10.8. The van der Waals surface area contributed by atoms with E-state index in [-0.39, 0.29) is 5.54 Å². The Morgan fingerprint density at radius 2 is 2.21 bits per heavy atom. The van der Waals surface area contributed by atoms with Gasteiger partial charge in [-0.15, -0.1) is 0 Å². The fraction of sp³-hybridized carbons (Fsp3) is 0.500. The molecule has 0 spiro atoms. The topological polar surface area (TPSA) is 64.3 Å². The SMILES string of the molecule is CC(C)(CNC1(c2cccc(Cl)c2)CC1)OC(N)=O. The van der Waals surface area contributed by atoms with E-state index in [1.807, 2.05) is 32.0 Å². The molecule has 104 valence electrons. The summed E-state index contributed by atoms with van der Waals surface area (Å²) in [4.78, 5) is 10.8. The highest BCUT2D eigenvalue weighted by atomic mass is 35.5. The number of nitrogens with two attached hydrogens (primary N) is 1. The van der Waals surface area contributed by atoms with Crippen LogP contribution in [-0.2, 0) is 10.3 Å². The molecule has 0 aliphatic heterocycles. The summed E-state index contributed by atoms with van der Waals surface area (Å²) >= 11 is 6.02. The molecule has 4 nitrogen and oxygen atoms in total. The highest BCUT2D eigenvalue weighted by molar-refractivity contribution is 6.30. The van der Waals surface area contributed by atoms with Crippen LogP contribution in [0, 0.1) is 0 Å². The number of carbonyl (C=O) groups is 1. The molecular weight excluding hydrogens is 264 g/mol. The third kappa shape index (κ3) is 3.61. The van der Waals surface area contributed by atoms with Crippen molar-refractivity contribution in [3.05, 3.63) is 34.9 Å². The van der Waals surface area contributed by atoms with Gasteiger partial charge < -0.3 is 15.8 Å². The average molecular weight is 283 g/mol. The number of carbonyl (C=O) groups excluding carboxylic acids is 1. The zero-order valence-electron chi connectivity index (χ0n) is 11.2. The van der Waals surface area contributed by atoms with E-state index < -0.39 is 11.7 Å². The molecule has 1 fully saturated rings. The lowest BCUT2D eigenvalue weighted by Crippen LogP contribution is -2.44. The van der Waals surface area contributed by atoms with Crippen molar-refractivity contribution >= 4 is 17.7 Å². The number of primary amides is 1. The van der Waals surface area contributed by atoms with Gasteiger partial charge >= 0.3 is 6.09 Å². The van der Waals surface area contributed by atoms with Crippen molar-refractivity contribution in [2.45, 2.75) is 37.8 Å². The van der Waals surface area contributed by atoms with Gasteiger partial charge in [0.2, 0.25) is 0 Å². The number of benzene rings is 1. The molecule has 1 aliphatic carbocycles. The first-order valence-electron chi connectivity index (χ1n) is 6.33. The van der Waals surface area contributed by atoms with Crippen molar-refractivity contribution in [1.29, 1.82) is 0 Å². The Morgan fingerprint density at radius 3 is 2.74 bits per heavy atom. The van der Waals surface area contributed by atoms with Crippen LogP contribution < -0.4 is 11.1 Å². The molecule has 0 bridgehead atoms. The van der Waals surface area contributed by atoms with Gasteiger partial charge in [0.05, 0.1) is 0 Å². The molecule has 19 heavy (non-hydrogen) atoms. The van der Waals surface area contributed by atoms with Crippen LogP contribution in [0.5, 0.6) is 0 Å². The van der Waals surface area contributed by atoms with Crippen LogP contribution in [-0.4, -0.2) is 18.2 Å². The van der Waals surface area contributed by atoms with Crippen molar-refractivity contribution in [2.75, 3.05) is 6.54 Å². The summed E-state index contributed by atoms with van der Waals surface area (Å²) in [5.74, 6) is 0. The molecule has 0 radical (unpaired) electrons. The maximum absolute atomic E-state index is 10.8. The Bertz CT molecular complexity index is 484. The largest absolute Gasteiger partial charge is 0.442 e. The fourth-order valence-corrected chi connectivity index (χ4v) is 2.36. The van der Waals surface area contributed by atoms with E-state index >= 15 is 0 Å². The average Bonchev–Trinajstić information content (AvgIpc) is 3.06. The zero-order valence-corrected chi connectivity index (χ0v) is 12.0. The van der Waals surface area contributed by atoms with Crippen molar-refractivity contribution in [1.82, 2.24) is 5.32 Å². The standard InChI is InChI=1S/C14H19ClN2O2/c1-13(2,19-12(16)18)9-17-14(6-7-14)10-4-3-5-11(15)8-10/h3-5,8,17H,6-7,9H2,1-2H3,(H2,16,18). The van der Waals surface area contributed by atoms with Gasteiger partial charge in [0.25, 0.3) is 0 Å². The molecule has 1 amide bonds. The Balaban J connectivity index is 2.01. The van der Waals surface area contributed by atoms with E-state index in [9.17, 15) is 4.79 Å². The molecule has 3 N–H and O–H groups in total. The van der Waals surface area contributed by atoms with Crippen molar-refractivity contribution < 1.29 is 9.53 Å². The summed E-state index contributed by atoms with van der Waals surface area (Å²) in [5, 5.41) is 4.20. The number of ether oxygens (including phenoxy) is 1. The van der Waals surface area contributed by atoms with E-state index in [1.165, 1.54) is 5.56 Å². The number of rotatable bonds is 5. The number of amides is 1. The van der Waals surface area contributed by atoms with Gasteiger partial charge in [-0.1, -0.05) is 23.7 Å². The zero-order chi connectivity index (χ0) is 14.1. The molecule has 1 aromatic rings. The molecule has 1 aromatic carbocycles. The van der Waals surface area contributed by atoms with Crippen molar-refractivity contribution in [2.24, 2.45) is 5.73 Å². The number of halogens is 1. The minimum atomic E-state index is -0.751. The van der Waals surface area contributed by atoms with E-state index in [0.717, 1.165) is 17.9 Å². The molecule has 0 aromatic heterocycles. The summed E-state index contributed by atoms with van der Waals surface area (Å²) in [6, 6.07) is 7.85. The second kappa shape index (κ2) is 5.02. The molecular formula is C14H19ClN2O2. The molecule has 1 aliphatic rings. The van der Waals surface area contributed by atoms with Gasteiger partial charge in [0, 0.05) is 17.1 Å². The Hall–Kier alpha value is -1.26. The first-order chi connectivity index (χ1) is 8.83. The lowest BCUT2D eigenvalue weighted by molar-refractivity contribution is 0.0427. The van der Waals surface area contributed by atoms with E-state index in [4.69, 9.17) is 22.1 Å². The molecule has 0 heterocycles. The Labute approximate surface area is 118 Å². The van der Waals surface area contributed by atoms with Gasteiger partial charge in [-0.3, -0.25) is 0 Å². The van der Waals surface area contributed by atoms with Crippen molar-refractivity contribution in [3.8, 4) is 0 Å². The van der Waals surface area contributed by atoms with Gasteiger partial charge in [-0.2, -0.15) is 0 Å². The first-order valence-corrected chi connectivity index (χ1v) is 6.70. The minimum Gasteiger partial charge on any atom is -0.442 e. The predicted molar refractivity (Wildman–Crippen MR) is 75.1 cm³/mol. The first kappa shape index (κ1) is 14.2. The number of hydrogen-bond donors (Lipinski definition) is 2. The normalized spacial score (nSPS) is 17.0. The Kier molecular flexibility index (Phi) is 3.74. The van der Waals surface area contributed by atoms with Crippen LogP contribution in [0.4, 0.5) is 4.79 Å². The van der Waals surface area contributed by atoms with E-state index in [0.29, 0.717) is 6.54 Å². The van der Waals surface area contributed by atoms with E-state index in [1.54, 1.807) is 0 Å². The third-order valence-corrected chi connectivity index (χ3v) is 3.59. The Morgan fingerprint density at radius 1 is 1.53 bits per heavy atom. The molecule has 0 saturated heterocycles. The van der Waals surface area contributed by atoms with Gasteiger partial charge in [0.1, 0.15) is 5.60 Å². The van der Waals surface area contributed by atoms with Gasteiger partial charge in [-0.25, -0.2) is 4.79 Å². The molecule has 2 rings (SSSR count). The van der Waals surface area contributed by atoms with Crippen LogP contribution in [0.1, 0.15) is 32.3 Å². The maximum Gasteiger partial charge on any atom is 0.405 e. The summed E-state index contributed by atoms with van der Waals surface area (Å²) in [6.45, 7) is 4.21. The van der Waals surface area contributed by atoms with Crippen LogP contribution >= 0.6 is 11.6 Å². The van der Waals surface area contributed by atoms with Crippen LogP contribution in [0.25, 0.3) is 0 Å². The second-order valence-corrected chi connectivity index (χ2v) is 6.06. The van der Waals surface area contributed by atoms with Crippen LogP contribution in [0.15, 0.2) is 24.3 Å². The van der Waals surface area contributed by atoms with Crippen LogP contribution in [0.3, 0.4) is 0 Å². The summed E-state index contributed by atoms with van der Waals surface area (Å²) < 4.78 is 5.07. The number of hydrogen-bond acceptors (Lipinski definition) is 3. The molecule has 0 unspecified atom stereocenters. The summed E-state index contributed by atoms with van der Waals surface area (Å²) in [5.41, 5.74) is 5.57. The fourth-order valence-electron chi connectivity index (χ4n) is 2.17. The quantitative estimate of drug-likeness (QED) is 0.873. The predicted octanol–water partition coefficient (Wildman–Crippen LogP) is 2.79. The third-order valence-electron chi connectivity index (χ3n) is 3.36. The summed E-state index contributed by atoms with van der Waals surface area (Å²) in [6.07, 6.45) is 1.36. The molecule has 5 heteroatoms.